The summed E-state index contributed by atoms with van der Waals surface area (Å²) < 4.78 is 33.2. The van der Waals surface area contributed by atoms with Crippen LogP contribution in [0.5, 0.6) is 0 Å². The van der Waals surface area contributed by atoms with E-state index in [0.717, 1.165) is 36.9 Å². The minimum absolute atomic E-state index is 0.000822. The standard InChI is InChI=1S/C23H28N2O4S/c1-17-7-5-6-14-25(17)30(27,28)21-12-10-18(11-13-21)23(26)24-16-20(29-2)15-19-8-3-4-9-22(19)24/h3-4,8-13,17,20H,5-7,14-16H2,1-2H3/t17-,20+/m0/s1. The quantitative estimate of drug-likeness (QED) is 0.748. The van der Waals surface area contributed by atoms with Crippen LogP contribution in [-0.4, -0.2) is 51.0 Å². The Balaban J connectivity index is 1.59. The second kappa shape index (κ2) is 8.49. The minimum Gasteiger partial charge on any atom is -0.379 e. The molecule has 0 aromatic heterocycles. The molecule has 1 amide bonds. The monoisotopic (exact) mass is 428 g/mol. The minimum atomic E-state index is -3.55. The molecule has 4 rings (SSSR count). The molecule has 0 aliphatic carbocycles. The second-order valence-corrected chi connectivity index (χ2v) is 9.98. The smallest absolute Gasteiger partial charge is 0.258 e. The average molecular weight is 429 g/mol. The molecule has 0 radical (unpaired) electrons. The van der Waals surface area contributed by atoms with E-state index in [1.165, 1.54) is 0 Å². The molecule has 2 atom stereocenters. The number of fused-ring (bicyclic) bond motifs is 1. The van der Waals surface area contributed by atoms with Gasteiger partial charge in [0.15, 0.2) is 0 Å². The maximum absolute atomic E-state index is 13.2. The van der Waals surface area contributed by atoms with Gasteiger partial charge in [-0.1, -0.05) is 24.6 Å². The predicted octanol–water partition coefficient (Wildman–Crippen LogP) is 3.47. The highest BCUT2D eigenvalue weighted by molar-refractivity contribution is 7.89. The number of hydrogen-bond donors (Lipinski definition) is 0. The summed E-state index contributed by atoms with van der Waals surface area (Å²) in [7, 11) is -1.90. The van der Waals surface area contributed by atoms with E-state index in [1.807, 2.05) is 31.2 Å². The summed E-state index contributed by atoms with van der Waals surface area (Å²) in [5.41, 5.74) is 2.42. The molecule has 2 heterocycles. The number of nitrogens with zero attached hydrogens (tertiary/aromatic N) is 2. The summed E-state index contributed by atoms with van der Waals surface area (Å²) in [4.78, 5) is 15.2. The number of hydrogen-bond acceptors (Lipinski definition) is 4. The molecule has 0 unspecified atom stereocenters. The summed E-state index contributed by atoms with van der Waals surface area (Å²) in [6.07, 6.45) is 3.52. The van der Waals surface area contributed by atoms with Gasteiger partial charge in [0.2, 0.25) is 10.0 Å². The van der Waals surface area contributed by atoms with Crippen molar-refractivity contribution in [2.24, 2.45) is 0 Å². The molecule has 0 bridgehead atoms. The number of rotatable bonds is 4. The zero-order valence-electron chi connectivity index (χ0n) is 17.5. The van der Waals surface area contributed by atoms with E-state index in [4.69, 9.17) is 4.74 Å². The third-order valence-electron chi connectivity index (χ3n) is 6.14. The van der Waals surface area contributed by atoms with Crippen LogP contribution in [0.3, 0.4) is 0 Å². The van der Waals surface area contributed by atoms with Crippen molar-refractivity contribution in [3.8, 4) is 0 Å². The van der Waals surface area contributed by atoms with E-state index in [-0.39, 0.29) is 22.9 Å². The van der Waals surface area contributed by atoms with Crippen LogP contribution in [-0.2, 0) is 21.2 Å². The van der Waals surface area contributed by atoms with Crippen LogP contribution in [0, 0.1) is 0 Å². The van der Waals surface area contributed by atoms with Gasteiger partial charge in [0.25, 0.3) is 5.91 Å². The lowest BCUT2D eigenvalue weighted by molar-refractivity contribution is 0.0870. The molecule has 2 aliphatic rings. The lowest BCUT2D eigenvalue weighted by Crippen LogP contribution is -2.43. The van der Waals surface area contributed by atoms with Crippen molar-refractivity contribution in [1.29, 1.82) is 0 Å². The van der Waals surface area contributed by atoms with Gasteiger partial charge >= 0.3 is 0 Å². The zero-order valence-corrected chi connectivity index (χ0v) is 18.3. The van der Waals surface area contributed by atoms with Gasteiger partial charge in [-0.3, -0.25) is 4.79 Å². The first kappa shape index (κ1) is 21.0. The third kappa shape index (κ3) is 3.89. The van der Waals surface area contributed by atoms with Crippen molar-refractivity contribution in [2.75, 3.05) is 25.1 Å². The topological polar surface area (TPSA) is 66.9 Å². The van der Waals surface area contributed by atoms with Crippen LogP contribution in [0.4, 0.5) is 5.69 Å². The first-order valence-electron chi connectivity index (χ1n) is 10.5. The summed E-state index contributed by atoms with van der Waals surface area (Å²) in [5.74, 6) is -0.153. The van der Waals surface area contributed by atoms with Gasteiger partial charge in [-0.2, -0.15) is 4.31 Å². The Hall–Kier alpha value is -2.22. The Labute approximate surface area is 178 Å². The maximum atomic E-state index is 13.2. The molecule has 30 heavy (non-hydrogen) atoms. The lowest BCUT2D eigenvalue weighted by atomic mass is 9.98. The van der Waals surface area contributed by atoms with Crippen molar-refractivity contribution in [3.63, 3.8) is 0 Å². The normalized spacial score (nSPS) is 22.5. The van der Waals surface area contributed by atoms with Crippen molar-refractivity contribution < 1.29 is 17.9 Å². The Morgan fingerprint density at radius 2 is 1.80 bits per heavy atom. The van der Waals surface area contributed by atoms with Crippen LogP contribution < -0.4 is 4.90 Å². The van der Waals surface area contributed by atoms with Crippen LogP contribution in [0.15, 0.2) is 53.4 Å². The average Bonchev–Trinajstić information content (AvgIpc) is 2.78. The molecule has 0 N–H and O–H groups in total. The highest BCUT2D eigenvalue weighted by Crippen LogP contribution is 2.30. The summed E-state index contributed by atoms with van der Waals surface area (Å²) >= 11 is 0. The highest BCUT2D eigenvalue weighted by atomic mass is 32.2. The number of piperidine rings is 1. The van der Waals surface area contributed by atoms with Gasteiger partial charge in [0.05, 0.1) is 17.5 Å². The number of methoxy groups -OCH3 is 1. The predicted molar refractivity (Wildman–Crippen MR) is 116 cm³/mol. The molecule has 0 spiro atoms. The van der Waals surface area contributed by atoms with Crippen LogP contribution in [0.25, 0.3) is 0 Å². The molecule has 1 fully saturated rings. The van der Waals surface area contributed by atoms with Gasteiger partial charge < -0.3 is 9.64 Å². The lowest BCUT2D eigenvalue weighted by Gasteiger charge is -2.34. The third-order valence-corrected chi connectivity index (χ3v) is 8.17. The Morgan fingerprint density at radius 1 is 1.07 bits per heavy atom. The summed E-state index contributed by atoms with van der Waals surface area (Å²) in [6, 6.07) is 14.2. The summed E-state index contributed by atoms with van der Waals surface area (Å²) in [5, 5.41) is 0. The van der Waals surface area contributed by atoms with E-state index >= 15 is 0 Å². The molecule has 1 saturated heterocycles. The van der Waals surface area contributed by atoms with Gasteiger partial charge in [0, 0.05) is 37.4 Å². The molecule has 2 aromatic carbocycles. The van der Waals surface area contributed by atoms with E-state index in [9.17, 15) is 13.2 Å². The van der Waals surface area contributed by atoms with Crippen molar-refractivity contribution in [3.05, 3.63) is 59.7 Å². The van der Waals surface area contributed by atoms with E-state index in [2.05, 4.69) is 0 Å². The van der Waals surface area contributed by atoms with Gasteiger partial charge in [-0.05, 0) is 55.7 Å². The first-order chi connectivity index (χ1) is 14.4. The Morgan fingerprint density at radius 3 is 2.50 bits per heavy atom. The first-order valence-corrected chi connectivity index (χ1v) is 11.9. The SMILES string of the molecule is CO[C@@H]1Cc2ccccc2N(C(=O)c2ccc(S(=O)(=O)N3CCCC[C@@H]3C)cc2)C1. The van der Waals surface area contributed by atoms with Crippen LogP contribution in [0.2, 0.25) is 0 Å². The van der Waals surface area contributed by atoms with Gasteiger partial charge in [-0.15, -0.1) is 0 Å². The fraction of sp³-hybridized carbons (Fsp3) is 0.435. The fourth-order valence-corrected chi connectivity index (χ4v) is 6.10. The molecule has 6 nitrogen and oxygen atoms in total. The molecule has 0 saturated carbocycles. The number of ether oxygens (including phenoxy) is 1. The molecule has 2 aliphatic heterocycles. The number of amides is 1. The number of sulfonamides is 1. The van der Waals surface area contributed by atoms with Gasteiger partial charge in [0.1, 0.15) is 0 Å². The number of carbonyl (C=O) groups is 1. The fourth-order valence-electron chi connectivity index (χ4n) is 4.40. The van der Waals surface area contributed by atoms with Gasteiger partial charge in [-0.25, -0.2) is 8.42 Å². The molecule has 2 aromatic rings. The number of carbonyl (C=O) groups excluding carboxylic acids is 1. The Bertz CT molecular complexity index is 1020. The van der Waals surface area contributed by atoms with Crippen molar-refractivity contribution in [2.45, 2.75) is 49.6 Å². The van der Waals surface area contributed by atoms with E-state index < -0.39 is 10.0 Å². The number of para-hydroxylation sites is 1. The maximum Gasteiger partial charge on any atom is 0.258 e. The molecular formula is C23H28N2O4S. The van der Waals surface area contributed by atoms with Crippen molar-refractivity contribution in [1.82, 2.24) is 4.31 Å². The number of benzene rings is 2. The van der Waals surface area contributed by atoms with Crippen LogP contribution >= 0.6 is 0 Å². The highest BCUT2D eigenvalue weighted by Gasteiger charge is 2.32. The largest absolute Gasteiger partial charge is 0.379 e. The van der Waals surface area contributed by atoms with E-state index in [1.54, 1.807) is 40.6 Å². The molecule has 160 valence electrons. The van der Waals surface area contributed by atoms with Crippen LogP contribution in [0.1, 0.15) is 42.1 Å². The van der Waals surface area contributed by atoms with E-state index in [0.29, 0.717) is 18.7 Å². The molecule has 7 heteroatoms. The zero-order chi connectivity index (χ0) is 21.3. The van der Waals surface area contributed by atoms with Crippen molar-refractivity contribution >= 4 is 21.6 Å². The molecular weight excluding hydrogens is 400 g/mol. The Kier molecular flexibility index (Phi) is 5.95. The number of anilines is 1. The second-order valence-electron chi connectivity index (χ2n) is 8.09. The summed E-state index contributed by atoms with van der Waals surface area (Å²) in [6.45, 7) is 2.97.